The normalized spacial score (nSPS) is 17.9. The van der Waals surface area contributed by atoms with Crippen molar-refractivity contribution in [3.8, 4) is 0 Å². The van der Waals surface area contributed by atoms with Crippen molar-refractivity contribution in [3.05, 3.63) is 58.7 Å². The van der Waals surface area contributed by atoms with E-state index in [4.69, 9.17) is 4.74 Å². The second kappa shape index (κ2) is 5.87. The van der Waals surface area contributed by atoms with Crippen LogP contribution in [0.3, 0.4) is 0 Å². The molecule has 20 heavy (non-hydrogen) atoms. The van der Waals surface area contributed by atoms with Gasteiger partial charge >= 0.3 is 5.97 Å². The van der Waals surface area contributed by atoms with Gasteiger partial charge in [-0.3, -0.25) is 4.79 Å². The smallest absolute Gasteiger partial charge is 0.335 e. The molecule has 104 valence electrons. The van der Waals surface area contributed by atoms with Crippen LogP contribution in [-0.2, 0) is 14.3 Å². The highest BCUT2D eigenvalue weighted by Crippen LogP contribution is 2.36. The predicted octanol–water partition coefficient (Wildman–Crippen LogP) is 3.18. The van der Waals surface area contributed by atoms with Gasteiger partial charge in [0.05, 0.1) is 18.1 Å². The van der Waals surface area contributed by atoms with Gasteiger partial charge in [0.1, 0.15) is 0 Å². The van der Waals surface area contributed by atoms with Crippen LogP contribution in [0.5, 0.6) is 0 Å². The minimum absolute atomic E-state index is 0.0285. The quantitative estimate of drug-likeness (QED) is 0.626. The summed E-state index contributed by atoms with van der Waals surface area (Å²) in [5.41, 5.74) is 2.78. The highest BCUT2D eigenvalue weighted by atomic mass is 16.5. The highest BCUT2D eigenvalue weighted by molar-refractivity contribution is 6.15. The second-order valence-electron chi connectivity index (χ2n) is 4.94. The molecule has 0 amide bonds. The van der Waals surface area contributed by atoms with Gasteiger partial charge in [-0.05, 0) is 32.4 Å². The molecule has 0 fully saturated rings. The molecule has 0 spiro atoms. The third-order valence-electron chi connectivity index (χ3n) is 3.32. The molecule has 3 heteroatoms. The lowest BCUT2D eigenvalue weighted by Crippen LogP contribution is -2.17. The van der Waals surface area contributed by atoms with E-state index in [0.717, 1.165) is 11.1 Å². The van der Waals surface area contributed by atoms with Crippen LogP contribution in [0.15, 0.2) is 53.1 Å². The first-order valence-corrected chi connectivity index (χ1v) is 6.71. The molecule has 1 aromatic carbocycles. The number of esters is 1. The van der Waals surface area contributed by atoms with Crippen molar-refractivity contribution >= 4 is 11.8 Å². The first-order chi connectivity index (χ1) is 9.56. The van der Waals surface area contributed by atoms with E-state index in [0.29, 0.717) is 17.8 Å². The van der Waals surface area contributed by atoms with Crippen molar-refractivity contribution < 1.29 is 14.3 Å². The van der Waals surface area contributed by atoms with E-state index < -0.39 is 11.9 Å². The van der Waals surface area contributed by atoms with Crippen molar-refractivity contribution in [3.63, 3.8) is 0 Å². The lowest BCUT2D eigenvalue weighted by molar-refractivity contribution is -0.139. The molecule has 2 rings (SSSR count). The number of carbonyl (C=O) groups is 2. The van der Waals surface area contributed by atoms with Gasteiger partial charge in [-0.15, -0.1) is 0 Å². The summed E-state index contributed by atoms with van der Waals surface area (Å²) in [5, 5.41) is 0. The number of hydrogen-bond donors (Lipinski definition) is 0. The van der Waals surface area contributed by atoms with Gasteiger partial charge in [0.15, 0.2) is 5.78 Å². The molecule has 0 aliphatic heterocycles. The zero-order valence-corrected chi connectivity index (χ0v) is 12.0. The standard InChI is InChI=1S/C17H18O3/c1-4-20-17(19)14-10-13(11(2)3)16(18)15(14)12-8-6-5-7-9-12/h5-10,15H,4H2,1-3H3/t15-/m0/s1. The summed E-state index contributed by atoms with van der Waals surface area (Å²) < 4.78 is 5.07. The Balaban J connectivity index is 2.49. The third-order valence-corrected chi connectivity index (χ3v) is 3.32. The Morgan fingerprint density at radius 1 is 1.20 bits per heavy atom. The number of benzene rings is 1. The summed E-state index contributed by atoms with van der Waals surface area (Å²) in [6.07, 6.45) is 1.67. The number of rotatable bonds is 3. The van der Waals surface area contributed by atoms with Crippen LogP contribution in [-0.4, -0.2) is 18.4 Å². The molecule has 1 aliphatic carbocycles. The number of carbonyl (C=O) groups excluding carboxylic acids is 2. The summed E-state index contributed by atoms with van der Waals surface area (Å²) >= 11 is 0. The highest BCUT2D eigenvalue weighted by Gasteiger charge is 2.37. The van der Waals surface area contributed by atoms with Crippen LogP contribution in [0.2, 0.25) is 0 Å². The van der Waals surface area contributed by atoms with E-state index in [1.807, 2.05) is 44.2 Å². The van der Waals surface area contributed by atoms with E-state index in [2.05, 4.69) is 0 Å². The molecule has 1 aliphatic rings. The van der Waals surface area contributed by atoms with Crippen LogP contribution in [0.1, 0.15) is 32.3 Å². The molecule has 1 atom stereocenters. The maximum Gasteiger partial charge on any atom is 0.335 e. The molecule has 3 nitrogen and oxygen atoms in total. The zero-order chi connectivity index (χ0) is 14.7. The fourth-order valence-corrected chi connectivity index (χ4v) is 2.37. The monoisotopic (exact) mass is 270 g/mol. The van der Waals surface area contributed by atoms with Crippen LogP contribution in [0.4, 0.5) is 0 Å². The van der Waals surface area contributed by atoms with Crippen LogP contribution < -0.4 is 0 Å². The minimum Gasteiger partial charge on any atom is -0.463 e. The van der Waals surface area contributed by atoms with Crippen molar-refractivity contribution in [2.75, 3.05) is 6.61 Å². The summed E-state index contributed by atoms with van der Waals surface area (Å²) in [6.45, 7) is 5.81. The van der Waals surface area contributed by atoms with Gasteiger partial charge in [-0.1, -0.05) is 35.9 Å². The SMILES string of the molecule is CCOC(=O)C1=CC(=C(C)C)C(=O)[C@H]1c1ccccc1. The molecular weight excluding hydrogens is 252 g/mol. The van der Waals surface area contributed by atoms with E-state index in [-0.39, 0.29) is 5.78 Å². The Morgan fingerprint density at radius 2 is 1.85 bits per heavy atom. The topological polar surface area (TPSA) is 43.4 Å². The lowest BCUT2D eigenvalue weighted by atomic mass is 9.90. The molecule has 0 radical (unpaired) electrons. The number of allylic oxidation sites excluding steroid dienone is 3. The Morgan fingerprint density at radius 3 is 2.40 bits per heavy atom. The number of hydrogen-bond acceptors (Lipinski definition) is 3. The first kappa shape index (κ1) is 14.3. The van der Waals surface area contributed by atoms with Gasteiger partial charge in [0, 0.05) is 5.57 Å². The molecule has 0 bridgehead atoms. The molecule has 0 unspecified atom stereocenters. The number of ether oxygens (including phenoxy) is 1. The van der Waals surface area contributed by atoms with E-state index >= 15 is 0 Å². The van der Waals surface area contributed by atoms with Gasteiger partial charge < -0.3 is 4.74 Å². The maximum absolute atomic E-state index is 12.5. The van der Waals surface area contributed by atoms with Crippen LogP contribution in [0.25, 0.3) is 0 Å². The first-order valence-electron chi connectivity index (χ1n) is 6.71. The predicted molar refractivity (Wildman–Crippen MR) is 77.3 cm³/mol. The fourth-order valence-electron chi connectivity index (χ4n) is 2.37. The summed E-state index contributed by atoms with van der Waals surface area (Å²) in [5.74, 6) is -0.981. The second-order valence-corrected chi connectivity index (χ2v) is 4.94. The van der Waals surface area contributed by atoms with E-state index in [1.165, 1.54) is 0 Å². The summed E-state index contributed by atoms with van der Waals surface area (Å²) in [7, 11) is 0. The third kappa shape index (κ3) is 2.57. The van der Waals surface area contributed by atoms with Gasteiger partial charge in [0.2, 0.25) is 0 Å². The lowest BCUT2D eigenvalue weighted by Gasteiger charge is -2.13. The zero-order valence-electron chi connectivity index (χ0n) is 12.0. The van der Waals surface area contributed by atoms with Crippen LogP contribution in [0, 0.1) is 0 Å². The van der Waals surface area contributed by atoms with E-state index in [1.54, 1.807) is 13.0 Å². The molecule has 0 aromatic heterocycles. The van der Waals surface area contributed by atoms with Crippen molar-refractivity contribution in [2.45, 2.75) is 26.7 Å². The van der Waals surface area contributed by atoms with Crippen molar-refractivity contribution in [2.24, 2.45) is 0 Å². The molecular formula is C17H18O3. The average molecular weight is 270 g/mol. The largest absolute Gasteiger partial charge is 0.463 e. The average Bonchev–Trinajstić information content (AvgIpc) is 2.78. The number of ketones is 1. The summed E-state index contributed by atoms with van der Waals surface area (Å²) in [4.78, 5) is 24.6. The van der Waals surface area contributed by atoms with E-state index in [9.17, 15) is 9.59 Å². The maximum atomic E-state index is 12.5. The molecule has 1 aromatic rings. The summed E-state index contributed by atoms with van der Waals surface area (Å²) in [6, 6.07) is 9.35. The Bertz CT molecular complexity index is 590. The van der Waals surface area contributed by atoms with Gasteiger partial charge in [0.25, 0.3) is 0 Å². The Hall–Kier alpha value is -2.16. The fraction of sp³-hybridized carbons (Fsp3) is 0.294. The van der Waals surface area contributed by atoms with Crippen LogP contribution >= 0.6 is 0 Å². The minimum atomic E-state index is -0.542. The Kier molecular flexibility index (Phi) is 4.18. The van der Waals surface area contributed by atoms with Gasteiger partial charge in [-0.2, -0.15) is 0 Å². The Labute approximate surface area is 118 Å². The van der Waals surface area contributed by atoms with Crippen molar-refractivity contribution in [1.29, 1.82) is 0 Å². The number of Topliss-reactive ketones (excluding diaryl/α,β-unsaturated/α-hetero) is 1. The van der Waals surface area contributed by atoms with Crippen molar-refractivity contribution in [1.82, 2.24) is 0 Å². The molecule has 0 saturated heterocycles. The molecule has 0 N–H and O–H groups in total. The van der Waals surface area contributed by atoms with Gasteiger partial charge in [-0.25, -0.2) is 4.79 Å². The molecule has 0 heterocycles. The molecule has 0 saturated carbocycles.